The van der Waals surface area contributed by atoms with Gasteiger partial charge in [-0.15, -0.1) is 0 Å². The van der Waals surface area contributed by atoms with Crippen molar-refractivity contribution in [2.75, 3.05) is 12.4 Å². The quantitative estimate of drug-likeness (QED) is 0.255. The number of ketones is 1. The number of methoxy groups -OCH3 is 1. The zero-order chi connectivity index (χ0) is 26.7. The maximum atomic E-state index is 13.4. The Morgan fingerprint density at radius 2 is 1.83 bits per heavy atom. The van der Waals surface area contributed by atoms with E-state index in [2.05, 4.69) is 10.6 Å². The number of carbonyl (C=O) groups excluding carboxylic acids is 5. The second kappa shape index (κ2) is 10.5. The number of rotatable bonds is 9. The Labute approximate surface area is 205 Å². The first-order chi connectivity index (χ1) is 16.1. The molecule has 1 heterocycles. The van der Waals surface area contributed by atoms with Gasteiger partial charge in [-0.05, 0) is 32.0 Å². The molecule has 1 aromatic carbocycles. The van der Waals surface area contributed by atoms with E-state index in [1.807, 2.05) is 5.48 Å². The monoisotopic (exact) mass is 510 g/mol. The number of hydrogen-bond donors (Lipinski definition) is 3. The molecule has 2 rings (SSSR count). The number of Topliss-reactive ketones (excluding diaryl/α,β-unsaturated/α-hetero) is 1. The van der Waals surface area contributed by atoms with E-state index in [4.69, 9.17) is 9.02 Å². The van der Waals surface area contributed by atoms with Crippen molar-refractivity contribution in [1.82, 2.24) is 15.7 Å². The molecule has 1 aliphatic rings. The molecular weight excluding hydrogens is 480 g/mol. The highest BCUT2D eigenvalue weighted by Crippen LogP contribution is 2.30. The Morgan fingerprint density at radius 1 is 1.20 bits per heavy atom. The summed E-state index contributed by atoms with van der Waals surface area (Å²) in [5.41, 5.74) is -0.339. The summed E-state index contributed by atoms with van der Waals surface area (Å²) in [5, 5.41) is 4.96. The highest BCUT2D eigenvalue weighted by Gasteiger charge is 2.53. The van der Waals surface area contributed by atoms with E-state index in [1.54, 1.807) is 27.7 Å². The van der Waals surface area contributed by atoms with E-state index in [0.29, 0.717) is 4.90 Å². The van der Waals surface area contributed by atoms with Crippen molar-refractivity contribution in [3.05, 3.63) is 18.2 Å². The van der Waals surface area contributed by atoms with E-state index in [1.165, 1.54) is 39.2 Å². The van der Waals surface area contributed by atoms with Gasteiger partial charge in [-0.3, -0.25) is 19.2 Å². The van der Waals surface area contributed by atoms with Crippen molar-refractivity contribution < 1.29 is 37.2 Å². The van der Waals surface area contributed by atoms with Crippen LogP contribution in [-0.4, -0.2) is 57.3 Å². The molecule has 1 aromatic rings. The van der Waals surface area contributed by atoms with Crippen LogP contribution in [0.15, 0.2) is 23.1 Å². The predicted octanol–water partition coefficient (Wildman–Crippen LogP) is 1.43. The first-order valence-electron chi connectivity index (χ1n) is 10.7. The third-order valence-electron chi connectivity index (χ3n) is 5.06. The molecule has 35 heavy (non-hydrogen) atoms. The van der Waals surface area contributed by atoms with Gasteiger partial charge < -0.3 is 15.4 Å². The number of carbonyl (C=O) groups is 5. The van der Waals surface area contributed by atoms with E-state index in [0.717, 1.165) is 0 Å². The second-order valence-electron chi connectivity index (χ2n) is 9.30. The van der Waals surface area contributed by atoms with Crippen LogP contribution in [0.1, 0.15) is 48.0 Å². The summed E-state index contributed by atoms with van der Waals surface area (Å²) < 4.78 is 22.5. The van der Waals surface area contributed by atoms with E-state index in [-0.39, 0.29) is 22.8 Å². The van der Waals surface area contributed by atoms with Gasteiger partial charge in [0, 0.05) is 11.8 Å². The Kier molecular flexibility index (Phi) is 8.39. The standard InChI is InChI=1S/C22H30N4O8S/c1-8-15(27)25-34-35(32)12-9-10-14(33-7)13(11-12)23-18(29)16(17(28)21(2,3)4)26-19(30)22(5,6)24-20(26)31/h9-11,16H,8H2,1-7H3,(H,23,29)(H,24,31)(H,25,27). The SMILES string of the molecule is CCC(=O)NOS(=O)c1ccc(OC)c(NC(=O)C(C(=O)C(C)(C)C)N2C(=O)NC(C)(C)C2=O)c1. The van der Waals surface area contributed by atoms with E-state index in [9.17, 15) is 28.2 Å². The van der Waals surface area contributed by atoms with Gasteiger partial charge in [-0.1, -0.05) is 27.7 Å². The second-order valence-corrected chi connectivity index (χ2v) is 10.4. The topological polar surface area (TPSA) is 160 Å². The van der Waals surface area contributed by atoms with Gasteiger partial charge in [0.15, 0.2) is 11.8 Å². The van der Waals surface area contributed by atoms with Crippen LogP contribution in [-0.2, 0) is 34.5 Å². The minimum Gasteiger partial charge on any atom is -0.495 e. The van der Waals surface area contributed by atoms with Crippen LogP contribution >= 0.6 is 0 Å². The maximum Gasteiger partial charge on any atom is 0.326 e. The van der Waals surface area contributed by atoms with Gasteiger partial charge in [-0.2, -0.15) is 4.28 Å². The molecule has 0 spiro atoms. The molecule has 1 fully saturated rings. The summed E-state index contributed by atoms with van der Waals surface area (Å²) in [6.45, 7) is 9.19. The minimum absolute atomic E-state index is 0.00629. The molecular formula is C22H30N4O8S. The molecule has 0 bridgehead atoms. The van der Waals surface area contributed by atoms with Gasteiger partial charge >= 0.3 is 6.03 Å². The largest absolute Gasteiger partial charge is 0.495 e. The Balaban J connectivity index is 2.43. The molecule has 12 nitrogen and oxygen atoms in total. The molecule has 1 aliphatic heterocycles. The number of hydrogen-bond acceptors (Lipinski definition) is 8. The third kappa shape index (κ3) is 6.22. The summed E-state index contributed by atoms with van der Waals surface area (Å²) in [6, 6.07) is 1.40. The van der Waals surface area contributed by atoms with Gasteiger partial charge in [0.1, 0.15) is 11.3 Å². The first kappa shape index (κ1) is 27.9. The van der Waals surface area contributed by atoms with Crippen LogP contribution in [0.25, 0.3) is 0 Å². The molecule has 5 amide bonds. The fourth-order valence-corrected chi connectivity index (χ4v) is 3.72. The molecule has 192 valence electrons. The Hall–Kier alpha value is -3.32. The van der Waals surface area contributed by atoms with Gasteiger partial charge in [-0.25, -0.2) is 19.4 Å². The summed E-state index contributed by atoms with van der Waals surface area (Å²) in [6.07, 6.45) is 0.115. The number of nitrogens with zero attached hydrogens (tertiary/aromatic N) is 1. The highest BCUT2D eigenvalue weighted by molar-refractivity contribution is 7.80. The molecule has 0 aliphatic carbocycles. The normalized spacial score (nSPS) is 16.8. The number of benzene rings is 1. The van der Waals surface area contributed by atoms with Crippen LogP contribution in [0.2, 0.25) is 0 Å². The smallest absolute Gasteiger partial charge is 0.326 e. The van der Waals surface area contributed by atoms with Crippen molar-refractivity contribution in [3.8, 4) is 5.75 Å². The number of hydroxylamine groups is 1. The average Bonchev–Trinajstić information content (AvgIpc) is 2.98. The van der Waals surface area contributed by atoms with Crippen LogP contribution in [0.3, 0.4) is 0 Å². The molecule has 0 saturated carbocycles. The highest BCUT2D eigenvalue weighted by atomic mass is 32.2. The lowest BCUT2D eigenvalue weighted by molar-refractivity contribution is -0.144. The lowest BCUT2D eigenvalue weighted by Gasteiger charge is -2.29. The zero-order valence-corrected chi connectivity index (χ0v) is 21.5. The average molecular weight is 511 g/mol. The lowest BCUT2D eigenvalue weighted by Crippen LogP contribution is -2.55. The van der Waals surface area contributed by atoms with E-state index < -0.39 is 57.6 Å². The zero-order valence-electron chi connectivity index (χ0n) is 20.6. The molecule has 2 atom stereocenters. The summed E-state index contributed by atoms with van der Waals surface area (Å²) >= 11 is -2.13. The van der Waals surface area contributed by atoms with Crippen molar-refractivity contribution in [2.24, 2.45) is 5.41 Å². The van der Waals surface area contributed by atoms with Crippen LogP contribution in [0.4, 0.5) is 10.5 Å². The van der Waals surface area contributed by atoms with Crippen molar-refractivity contribution >= 4 is 46.3 Å². The molecule has 1 saturated heterocycles. The van der Waals surface area contributed by atoms with Crippen molar-refractivity contribution in [3.63, 3.8) is 0 Å². The number of urea groups is 1. The number of nitrogens with one attached hydrogen (secondary N) is 3. The molecule has 0 aromatic heterocycles. The first-order valence-corrected chi connectivity index (χ1v) is 11.8. The Morgan fingerprint density at radius 3 is 2.31 bits per heavy atom. The number of amides is 5. The summed E-state index contributed by atoms with van der Waals surface area (Å²) in [4.78, 5) is 64.1. The molecule has 0 radical (unpaired) electrons. The molecule has 13 heteroatoms. The van der Waals surface area contributed by atoms with Gasteiger partial charge in [0.25, 0.3) is 11.8 Å². The number of imide groups is 1. The van der Waals surface area contributed by atoms with Crippen LogP contribution in [0.5, 0.6) is 5.75 Å². The fraction of sp³-hybridized carbons (Fsp3) is 0.500. The lowest BCUT2D eigenvalue weighted by atomic mass is 9.85. The van der Waals surface area contributed by atoms with Crippen molar-refractivity contribution in [2.45, 2.75) is 64.4 Å². The summed E-state index contributed by atoms with van der Waals surface area (Å²) in [5.74, 6) is -2.70. The van der Waals surface area contributed by atoms with Crippen molar-refractivity contribution in [1.29, 1.82) is 0 Å². The molecule has 3 N–H and O–H groups in total. The predicted molar refractivity (Wildman–Crippen MR) is 125 cm³/mol. The van der Waals surface area contributed by atoms with Gasteiger partial charge in [0.2, 0.25) is 17.0 Å². The third-order valence-corrected chi connectivity index (χ3v) is 5.93. The fourth-order valence-electron chi connectivity index (χ4n) is 3.07. The van der Waals surface area contributed by atoms with Crippen LogP contribution < -0.4 is 20.9 Å². The van der Waals surface area contributed by atoms with E-state index >= 15 is 0 Å². The molecule has 2 unspecified atom stereocenters. The summed E-state index contributed by atoms with van der Waals surface area (Å²) in [7, 11) is 1.33. The number of anilines is 1. The van der Waals surface area contributed by atoms with Gasteiger partial charge in [0.05, 0.1) is 17.7 Å². The maximum absolute atomic E-state index is 13.4. The Bertz CT molecular complexity index is 1080. The minimum atomic E-state index is -2.13. The van der Waals surface area contributed by atoms with Crippen LogP contribution in [0, 0.1) is 5.41 Å². The number of ether oxygens (including phenoxy) is 1.